The van der Waals surface area contributed by atoms with Crippen LogP contribution in [0.15, 0.2) is 18.5 Å². The molecule has 0 bridgehead atoms. The minimum absolute atomic E-state index is 0.0264. The molecule has 0 spiro atoms. The zero-order valence-corrected chi connectivity index (χ0v) is 9.64. The minimum atomic E-state index is -0.338. The molecule has 0 aromatic carbocycles. The molecule has 1 aromatic rings. The lowest BCUT2D eigenvalue weighted by Gasteiger charge is -2.37. The van der Waals surface area contributed by atoms with Gasteiger partial charge in [-0.15, -0.1) is 0 Å². The van der Waals surface area contributed by atoms with Crippen molar-refractivity contribution in [2.45, 2.75) is 34.6 Å². The van der Waals surface area contributed by atoms with Crippen molar-refractivity contribution in [2.75, 3.05) is 0 Å². The van der Waals surface area contributed by atoms with E-state index in [0.717, 1.165) is 5.56 Å². The van der Waals surface area contributed by atoms with E-state index >= 15 is 0 Å². The predicted molar refractivity (Wildman–Crippen MR) is 58.4 cm³/mol. The number of hydrogen-bond donors (Lipinski definition) is 1. The Morgan fingerprint density at radius 1 is 1.21 bits per heavy atom. The van der Waals surface area contributed by atoms with Crippen molar-refractivity contribution in [1.82, 2.24) is 4.98 Å². The van der Waals surface area contributed by atoms with Gasteiger partial charge in [-0.2, -0.15) is 0 Å². The Kier molecular flexibility index (Phi) is 2.57. The molecule has 0 amide bonds. The van der Waals surface area contributed by atoms with E-state index in [1.165, 1.54) is 0 Å². The van der Waals surface area contributed by atoms with Gasteiger partial charge in [0.1, 0.15) is 0 Å². The number of H-pyrrole nitrogens is 1. The average molecular weight is 193 g/mol. The fraction of sp³-hybridized carbons (Fsp3) is 0.583. The molecule has 0 fully saturated rings. The molecule has 2 nitrogen and oxygen atoms in total. The maximum Gasteiger partial charge on any atom is 0.170 e. The van der Waals surface area contributed by atoms with Crippen LogP contribution in [0.4, 0.5) is 0 Å². The van der Waals surface area contributed by atoms with E-state index in [0.29, 0.717) is 0 Å². The van der Waals surface area contributed by atoms with Crippen LogP contribution in [0.2, 0.25) is 0 Å². The molecule has 2 heteroatoms. The Labute approximate surface area is 85.7 Å². The van der Waals surface area contributed by atoms with Gasteiger partial charge in [-0.05, 0) is 11.5 Å². The number of hydrogen-bond acceptors (Lipinski definition) is 1. The molecule has 0 aliphatic heterocycles. The molecule has 0 aliphatic carbocycles. The number of carbonyl (C=O) groups is 1. The van der Waals surface area contributed by atoms with Crippen LogP contribution < -0.4 is 0 Å². The van der Waals surface area contributed by atoms with Gasteiger partial charge >= 0.3 is 0 Å². The largest absolute Gasteiger partial charge is 0.367 e. The van der Waals surface area contributed by atoms with Gasteiger partial charge in [0.15, 0.2) is 5.78 Å². The van der Waals surface area contributed by atoms with Crippen molar-refractivity contribution in [3.05, 3.63) is 24.0 Å². The van der Waals surface area contributed by atoms with Gasteiger partial charge < -0.3 is 4.98 Å². The van der Waals surface area contributed by atoms with Crippen molar-refractivity contribution in [3.63, 3.8) is 0 Å². The van der Waals surface area contributed by atoms with Crippen molar-refractivity contribution in [3.8, 4) is 0 Å². The van der Waals surface area contributed by atoms with Gasteiger partial charge in [0.05, 0.1) is 0 Å². The van der Waals surface area contributed by atoms with Gasteiger partial charge in [-0.1, -0.05) is 34.6 Å². The van der Waals surface area contributed by atoms with E-state index in [4.69, 9.17) is 0 Å². The molecule has 0 unspecified atom stereocenters. The van der Waals surface area contributed by atoms with Crippen LogP contribution in [-0.4, -0.2) is 10.8 Å². The fourth-order valence-corrected chi connectivity index (χ4v) is 1.17. The highest BCUT2D eigenvalue weighted by atomic mass is 16.1. The molecule has 0 saturated carbocycles. The summed E-state index contributed by atoms with van der Waals surface area (Å²) in [5, 5.41) is 0. The summed E-state index contributed by atoms with van der Waals surface area (Å²) < 4.78 is 0. The molecule has 0 atom stereocenters. The lowest BCUT2D eigenvalue weighted by atomic mass is 9.66. The van der Waals surface area contributed by atoms with Crippen LogP contribution in [0.1, 0.15) is 45.0 Å². The quantitative estimate of drug-likeness (QED) is 0.718. The normalized spacial score (nSPS) is 12.9. The van der Waals surface area contributed by atoms with E-state index in [1.807, 2.05) is 19.9 Å². The van der Waals surface area contributed by atoms with Crippen LogP contribution in [0.25, 0.3) is 0 Å². The molecular weight excluding hydrogens is 174 g/mol. The summed E-state index contributed by atoms with van der Waals surface area (Å²) in [5.41, 5.74) is 0.404. The summed E-state index contributed by atoms with van der Waals surface area (Å²) in [4.78, 5) is 15.1. The Hall–Kier alpha value is -1.05. The van der Waals surface area contributed by atoms with E-state index in [9.17, 15) is 4.79 Å². The number of carbonyl (C=O) groups excluding carboxylic acids is 1. The third-order valence-electron chi connectivity index (χ3n) is 3.30. The van der Waals surface area contributed by atoms with Gasteiger partial charge in [-0.3, -0.25) is 4.79 Å². The highest BCUT2D eigenvalue weighted by molar-refractivity contribution is 6.00. The molecular formula is C12H19NO. The SMILES string of the molecule is CC(C)(C)C(C)(C)C(=O)c1cc[nH]c1. The Morgan fingerprint density at radius 2 is 1.79 bits per heavy atom. The standard InChI is InChI=1S/C12H19NO/c1-11(2,3)12(4,5)10(14)9-6-7-13-8-9/h6-8,13H,1-5H3. The minimum Gasteiger partial charge on any atom is -0.367 e. The van der Waals surface area contributed by atoms with Crippen LogP contribution in [-0.2, 0) is 0 Å². The highest BCUT2D eigenvalue weighted by Crippen LogP contribution is 2.40. The Balaban J connectivity index is 3.01. The van der Waals surface area contributed by atoms with Crippen molar-refractivity contribution < 1.29 is 4.79 Å². The van der Waals surface area contributed by atoms with Crippen LogP contribution in [0.3, 0.4) is 0 Å². The summed E-state index contributed by atoms with van der Waals surface area (Å²) in [5.74, 6) is 0.200. The Morgan fingerprint density at radius 3 is 2.14 bits per heavy atom. The maximum absolute atomic E-state index is 12.2. The first kappa shape index (κ1) is 11.0. The van der Waals surface area contributed by atoms with Gasteiger partial charge in [0.2, 0.25) is 0 Å². The van der Waals surface area contributed by atoms with Crippen LogP contribution in [0.5, 0.6) is 0 Å². The van der Waals surface area contributed by atoms with Crippen LogP contribution in [0, 0.1) is 10.8 Å². The molecule has 1 N–H and O–H groups in total. The van der Waals surface area contributed by atoms with Crippen molar-refractivity contribution >= 4 is 5.78 Å². The number of rotatable bonds is 2. The average Bonchev–Trinajstić information content (AvgIpc) is 2.52. The van der Waals surface area contributed by atoms with E-state index < -0.39 is 0 Å². The van der Waals surface area contributed by atoms with E-state index in [2.05, 4.69) is 25.8 Å². The monoisotopic (exact) mass is 193 g/mol. The number of ketones is 1. The summed E-state index contributed by atoms with van der Waals surface area (Å²) in [6, 6.07) is 1.83. The maximum atomic E-state index is 12.2. The lowest BCUT2D eigenvalue weighted by Crippen LogP contribution is -2.37. The van der Waals surface area contributed by atoms with E-state index in [-0.39, 0.29) is 16.6 Å². The number of aromatic nitrogens is 1. The molecule has 1 aromatic heterocycles. The number of Topliss-reactive ketones (excluding diaryl/α,β-unsaturated/α-hetero) is 1. The molecule has 78 valence electrons. The summed E-state index contributed by atoms with van der Waals surface area (Å²) >= 11 is 0. The lowest BCUT2D eigenvalue weighted by molar-refractivity contribution is 0.0626. The van der Waals surface area contributed by atoms with Crippen molar-refractivity contribution in [1.29, 1.82) is 0 Å². The molecule has 1 rings (SSSR count). The van der Waals surface area contributed by atoms with E-state index in [1.54, 1.807) is 12.4 Å². The Bertz CT molecular complexity index is 315. The summed E-state index contributed by atoms with van der Waals surface area (Å²) in [6.45, 7) is 10.3. The van der Waals surface area contributed by atoms with Crippen LogP contribution >= 0.6 is 0 Å². The molecule has 0 saturated heterocycles. The predicted octanol–water partition coefficient (Wildman–Crippen LogP) is 3.27. The van der Waals surface area contributed by atoms with Gasteiger partial charge in [0, 0.05) is 23.4 Å². The van der Waals surface area contributed by atoms with Crippen molar-refractivity contribution in [2.24, 2.45) is 10.8 Å². The first-order chi connectivity index (χ1) is 6.27. The second-order valence-corrected chi connectivity index (χ2v) is 5.30. The first-order valence-corrected chi connectivity index (χ1v) is 4.94. The fourth-order valence-electron chi connectivity index (χ4n) is 1.17. The third kappa shape index (κ3) is 1.74. The summed E-state index contributed by atoms with van der Waals surface area (Å²) in [6.07, 6.45) is 3.54. The zero-order chi connectivity index (χ0) is 11.0. The second kappa shape index (κ2) is 3.26. The highest BCUT2D eigenvalue weighted by Gasteiger charge is 2.39. The second-order valence-electron chi connectivity index (χ2n) is 5.30. The number of aromatic amines is 1. The number of nitrogens with one attached hydrogen (secondary N) is 1. The molecule has 0 radical (unpaired) electrons. The molecule has 14 heavy (non-hydrogen) atoms. The summed E-state index contributed by atoms with van der Waals surface area (Å²) in [7, 11) is 0. The molecule has 0 aliphatic rings. The topological polar surface area (TPSA) is 32.9 Å². The third-order valence-corrected chi connectivity index (χ3v) is 3.30. The molecule has 1 heterocycles. The zero-order valence-electron chi connectivity index (χ0n) is 9.64. The smallest absolute Gasteiger partial charge is 0.170 e. The van der Waals surface area contributed by atoms with Gasteiger partial charge in [-0.25, -0.2) is 0 Å². The first-order valence-electron chi connectivity index (χ1n) is 4.94. The van der Waals surface area contributed by atoms with Gasteiger partial charge in [0.25, 0.3) is 0 Å².